The number of hydrogen-bond donors (Lipinski definition) is 0. The average molecular weight is 424 g/mol. The molecule has 117 valence electrons. The first-order chi connectivity index (χ1) is 10.8. The molecule has 6 nitrogen and oxygen atoms in total. The summed E-state index contributed by atoms with van der Waals surface area (Å²) in [6, 6.07) is 0. The van der Waals surface area contributed by atoms with E-state index in [9.17, 15) is 0 Å². The number of nitrogens with zero attached hydrogens (tertiary/aromatic N) is 6. The third kappa shape index (κ3) is 2.88. The number of aliphatic imine (C=N–C) groups is 2. The summed E-state index contributed by atoms with van der Waals surface area (Å²) in [4.78, 5) is 18.0. The molecule has 0 aromatic carbocycles. The van der Waals surface area contributed by atoms with Crippen molar-refractivity contribution in [1.82, 2.24) is 9.97 Å². The van der Waals surface area contributed by atoms with Gasteiger partial charge in [-0.05, 0) is 32.5 Å². The van der Waals surface area contributed by atoms with Gasteiger partial charge in [0.05, 0.1) is 11.4 Å². The SMILES string of the molecule is C1=C2[N-]C(=Nc3nc(cs3)C3=CSC(=Nc4nc2cs4)[N-]3)S1.[Cu+2]. The largest absolute Gasteiger partial charge is 2.00 e. The third-order valence-electron chi connectivity index (χ3n) is 2.88. The van der Waals surface area contributed by atoms with E-state index in [1.54, 1.807) is 0 Å². The molecule has 0 spiro atoms. The van der Waals surface area contributed by atoms with Crippen molar-refractivity contribution in [3.8, 4) is 0 Å². The quantitative estimate of drug-likeness (QED) is 0.550. The molecule has 23 heavy (non-hydrogen) atoms. The molecule has 3 aliphatic heterocycles. The van der Waals surface area contributed by atoms with Gasteiger partial charge in [-0.1, -0.05) is 0 Å². The number of hydrogen-bond acceptors (Lipinski definition) is 8. The molecule has 0 saturated carbocycles. The number of thiazole rings is 2. The summed E-state index contributed by atoms with van der Waals surface area (Å²) in [6.45, 7) is 0. The maximum atomic E-state index is 4.50. The van der Waals surface area contributed by atoms with Gasteiger partial charge in [-0.2, -0.15) is 0 Å². The minimum Gasteiger partial charge on any atom is -0.428 e. The molecule has 0 saturated heterocycles. The Labute approximate surface area is 158 Å². The van der Waals surface area contributed by atoms with Crippen LogP contribution >= 0.6 is 46.2 Å². The van der Waals surface area contributed by atoms with Crippen molar-refractivity contribution in [2.45, 2.75) is 0 Å². The fourth-order valence-corrected chi connectivity index (χ4v) is 4.74. The van der Waals surface area contributed by atoms with Gasteiger partial charge < -0.3 is 20.6 Å². The van der Waals surface area contributed by atoms with Crippen LogP contribution in [0.2, 0.25) is 0 Å². The fourth-order valence-electron chi connectivity index (χ4n) is 1.90. The van der Waals surface area contributed by atoms with Crippen LogP contribution in [0.3, 0.4) is 0 Å². The summed E-state index contributed by atoms with van der Waals surface area (Å²) in [5, 5.41) is 19.5. The molecule has 5 heterocycles. The summed E-state index contributed by atoms with van der Waals surface area (Å²) >= 11 is 5.92. The molecule has 0 aliphatic carbocycles. The van der Waals surface area contributed by atoms with Gasteiger partial charge in [0.2, 0.25) is 0 Å². The molecule has 0 N–H and O–H groups in total. The van der Waals surface area contributed by atoms with Crippen molar-refractivity contribution < 1.29 is 17.1 Å². The van der Waals surface area contributed by atoms with Crippen LogP contribution in [0.4, 0.5) is 10.3 Å². The van der Waals surface area contributed by atoms with E-state index in [-0.39, 0.29) is 17.1 Å². The molecule has 2 aromatic rings. The Morgan fingerprint density at radius 1 is 0.739 bits per heavy atom. The van der Waals surface area contributed by atoms with Crippen molar-refractivity contribution in [2.75, 3.05) is 0 Å². The summed E-state index contributed by atoms with van der Waals surface area (Å²) in [6.07, 6.45) is 0. The number of rotatable bonds is 0. The topological polar surface area (TPSA) is 78.7 Å². The molecule has 0 amide bonds. The van der Waals surface area contributed by atoms with Crippen molar-refractivity contribution in [3.63, 3.8) is 0 Å². The molecule has 3 aliphatic rings. The van der Waals surface area contributed by atoms with Crippen LogP contribution in [0.5, 0.6) is 0 Å². The second-order valence-electron chi connectivity index (χ2n) is 4.28. The molecular weight excluding hydrogens is 420 g/mol. The summed E-state index contributed by atoms with van der Waals surface area (Å²) in [5.74, 6) is 0. The Kier molecular flexibility index (Phi) is 4.08. The van der Waals surface area contributed by atoms with Crippen LogP contribution in [0.15, 0.2) is 31.6 Å². The van der Waals surface area contributed by atoms with E-state index in [0.29, 0.717) is 20.6 Å². The molecular formula is C12H4CuN6S4. The van der Waals surface area contributed by atoms with Crippen LogP contribution in [-0.4, -0.2) is 20.3 Å². The smallest absolute Gasteiger partial charge is 0.428 e. The zero-order valence-electron chi connectivity index (χ0n) is 10.9. The van der Waals surface area contributed by atoms with Gasteiger partial charge in [0.1, 0.15) is 10.3 Å². The van der Waals surface area contributed by atoms with Crippen molar-refractivity contribution in [3.05, 3.63) is 43.6 Å². The van der Waals surface area contributed by atoms with Gasteiger partial charge in [-0.3, -0.25) is 0 Å². The molecule has 1 radical (unpaired) electrons. The Morgan fingerprint density at radius 2 is 1.22 bits per heavy atom. The Hall–Kier alpha value is -1.10. The van der Waals surface area contributed by atoms with Crippen molar-refractivity contribution >= 4 is 78.2 Å². The van der Waals surface area contributed by atoms with E-state index in [0.717, 1.165) is 22.8 Å². The number of aromatic nitrogens is 2. The van der Waals surface area contributed by atoms with Crippen LogP contribution < -0.4 is 0 Å². The molecule has 0 atom stereocenters. The zero-order valence-corrected chi connectivity index (χ0v) is 15.1. The predicted molar refractivity (Wildman–Crippen MR) is 96.3 cm³/mol. The molecule has 5 rings (SSSR count). The first kappa shape index (κ1) is 15.4. The molecule has 11 heteroatoms. The van der Waals surface area contributed by atoms with E-state index in [1.807, 2.05) is 21.6 Å². The van der Waals surface area contributed by atoms with Crippen LogP contribution in [0.1, 0.15) is 11.4 Å². The number of amidine groups is 2. The Bertz CT molecular complexity index is 834. The van der Waals surface area contributed by atoms with Gasteiger partial charge >= 0.3 is 17.1 Å². The molecule has 8 bridgehead atoms. The number of fused-ring (bicyclic) bond motifs is 10. The van der Waals surface area contributed by atoms with E-state index in [1.165, 1.54) is 46.2 Å². The van der Waals surface area contributed by atoms with E-state index in [2.05, 4.69) is 30.6 Å². The van der Waals surface area contributed by atoms with Crippen molar-refractivity contribution in [1.29, 1.82) is 0 Å². The normalized spacial score (nSPS) is 17.7. The van der Waals surface area contributed by atoms with Crippen LogP contribution in [-0.2, 0) is 17.1 Å². The van der Waals surface area contributed by atoms with Gasteiger partial charge in [0, 0.05) is 10.8 Å². The Morgan fingerprint density at radius 3 is 1.70 bits per heavy atom. The zero-order chi connectivity index (χ0) is 14.5. The minimum atomic E-state index is 0. The minimum absolute atomic E-state index is 0. The third-order valence-corrected chi connectivity index (χ3v) is 5.81. The van der Waals surface area contributed by atoms with E-state index in [4.69, 9.17) is 0 Å². The first-order valence-electron chi connectivity index (χ1n) is 6.10. The molecule has 2 aromatic heterocycles. The van der Waals surface area contributed by atoms with Crippen molar-refractivity contribution in [2.24, 2.45) is 9.98 Å². The first-order valence-corrected chi connectivity index (χ1v) is 9.62. The maximum Gasteiger partial charge on any atom is 2.00 e. The average Bonchev–Trinajstić information content (AvgIpc) is 3.24. The number of thioether (sulfide) groups is 2. The molecule has 0 unspecified atom stereocenters. The van der Waals surface area contributed by atoms with Gasteiger partial charge in [0.15, 0.2) is 0 Å². The fraction of sp³-hybridized carbons (Fsp3) is 0. The summed E-state index contributed by atoms with van der Waals surface area (Å²) < 4.78 is 0. The monoisotopic (exact) mass is 423 g/mol. The maximum absolute atomic E-state index is 4.50. The van der Waals surface area contributed by atoms with E-state index >= 15 is 0 Å². The van der Waals surface area contributed by atoms with Crippen LogP contribution in [0.25, 0.3) is 22.0 Å². The summed E-state index contributed by atoms with van der Waals surface area (Å²) in [5.41, 5.74) is 3.26. The van der Waals surface area contributed by atoms with Crippen LogP contribution in [0, 0.1) is 0 Å². The summed E-state index contributed by atoms with van der Waals surface area (Å²) in [7, 11) is 0. The predicted octanol–water partition coefficient (Wildman–Crippen LogP) is 5.12. The van der Waals surface area contributed by atoms with Gasteiger partial charge in [-0.15, -0.1) is 46.2 Å². The second-order valence-corrected chi connectivity index (χ2v) is 7.63. The van der Waals surface area contributed by atoms with E-state index < -0.39 is 0 Å². The van der Waals surface area contributed by atoms with Gasteiger partial charge in [-0.25, -0.2) is 9.97 Å². The standard InChI is InChI=1S/C12H4N6S4.Cu/c1-5-6-2-20-10(14-6)18-12-16-8(4-22-12)7-3-21-11(15-7)17-9(13-5)19-1;/h1-4H;/q-2;+2. The Balaban J connectivity index is 0.00000135. The molecule has 0 fully saturated rings. The second kappa shape index (κ2) is 6.08. The van der Waals surface area contributed by atoms with Gasteiger partial charge in [0.25, 0.3) is 0 Å².